The molecule has 2 fully saturated rings. The maximum absolute atomic E-state index is 12.7. The summed E-state index contributed by atoms with van der Waals surface area (Å²) >= 11 is 0. The summed E-state index contributed by atoms with van der Waals surface area (Å²) in [5.41, 5.74) is 1.25. The highest BCUT2D eigenvalue weighted by atomic mass is 35.5. The number of benzene rings is 1. The molecule has 29 heavy (non-hydrogen) atoms. The number of hydrogen-bond acceptors (Lipinski definition) is 4. The van der Waals surface area contributed by atoms with Gasteiger partial charge in [-0.05, 0) is 57.0 Å². The molecule has 1 aliphatic carbocycles. The molecule has 1 saturated carbocycles. The van der Waals surface area contributed by atoms with Crippen LogP contribution < -0.4 is 16.0 Å². The number of piperidine rings is 1. The lowest BCUT2D eigenvalue weighted by Crippen LogP contribution is -2.47. The number of halogens is 1. The van der Waals surface area contributed by atoms with Crippen LogP contribution in [0.3, 0.4) is 0 Å². The Kier molecular flexibility index (Phi) is 9.40. The van der Waals surface area contributed by atoms with Crippen LogP contribution in [0.5, 0.6) is 0 Å². The topological polar surface area (TPSA) is 79.5 Å². The number of carbonyl (C=O) groups is 2. The summed E-state index contributed by atoms with van der Waals surface area (Å²) in [7, 11) is 1.71. The van der Waals surface area contributed by atoms with Crippen LogP contribution in [-0.4, -0.2) is 45.2 Å². The van der Waals surface area contributed by atoms with Crippen molar-refractivity contribution in [2.24, 2.45) is 11.3 Å². The molecule has 1 aromatic rings. The van der Waals surface area contributed by atoms with Gasteiger partial charge in [-0.2, -0.15) is 0 Å². The first-order valence-corrected chi connectivity index (χ1v) is 10.5. The molecule has 2 amide bonds. The van der Waals surface area contributed by atoms with Gasteiger partial charge in [0.25, 0.3) is 5.91 Å². The van der Waals surface area contributed by atoms with Crippen molar-refractivity contribution in [2.75, 3.05) is 38.7 Å². The average molecular weight is 424 g/mol. The van der Waals surface area contributed by atoms with Crippen LogP contribution in [0.2, 0.25) is 0 Å². The number of carbonyl (C=O) groups excluding carboxylic acids is 2. The average Bonchev–Trinajstić information content (AvgIpc) is 2.74. The maximum atomic E-state index is 12.7. The third kappa shape index (κ3) is 6.69. The van der Waals surface area contributed by atoms with Gasteiger partial charge in [0, 0.05) is 36.2 Å². The zero-order valence-corrected chi connectivity index (χ0v) is 18.1. The van der Waals surface area contributed by atoms with Crippen molar-refractivity contribution in [3.05, 3.63) is 29.8 Å². The van der Waals surface area contributed by atoms with Gasteiger partial charge in [-0.25, -0.2) is 0 Å². The fraction of sp³-hybridized carbons (Fsp3) is 0.636. The monoisotopic (exact) mass is 423 g/mol. The Morgan fingerprint density at radius 2 is 1.90 bits per heavy atom. The Morgan fingerprint density at radius 3 is 2.59 bits per heavy atom. The van der Waals surface area contributed by atoms with Gasteiger partial charge < -0.3 is 20.7 Å². The molecule has 0 atom stereocenters. The van der Waals surface area contributed by atoms with Crippen molar-refractivity contribution in [1.29, 1.82) is 0 Å². The van der Waals surface area contributed by atoms with Crippen molar-refractivity contribution < 1.29 is 14.3 Å². The Morgan fingerprint density at radius 1 is 1.17 bits per heavy atom. The molecule has 3 N–H and O–H groups in total. The second-order valence-electron chi connectivity index (χ2n) is 8.27. The smallest absolute Gasteiger partial charge is 0.251 e. The number of methoxy groups -OCH3 is 1. The Balaban J connectivity index is 0.00000300. The molecule has 0 radical (unpaired) electrons. The zero-order valence-electron chi connectivity index (χ0n) is 17.3. The molecule has 1 aliphatic heterocycles. The van der Waals surface area contributed by atoms with Crippen molar-refractivity contribution in [3.63, 3.8) is 0 Å². The van der Waals surface area contributed by atoms with E-state index in [0.29, 0.717) is 24.4 Å². The Labute approximate surface area is 179 Å². The number of anilines is 1. The van der Waals surface area contributed by atoms with Crippen molar-refractivity contribution in [1.82, 2.24) is 10.6 Å². The molecule has 2 aliphatic rings. The highest BCUT2D eigenvalue weighted by Gasteiger charge is 2.32. The summed E-state index contributed by atoms with van der Waals surface area (Å²) < 4.78 is 5.42. The first kappa shape index (κ1) is 23.6. The molecule has 3 rings (SSSR count). The summed E-state index contributed by atoms with van der Waals surface area (Å²) in [6.07, 6.45) is 7.36. The van der Waals surface area contributed by atoms with E-state index in [9.17, 15) is 9.59 Å². The van der Waals surface area contributed by atoms with Crippen molar-refractivity contribution in [2.45, 2.75) is 44.9 Å². The number of rotatable bonds is 7. The van der Waals surface area contributed by atoms with Crippen LogP contribution in [-0.2, 0) is 9.53 Å². The SMILES string of the molecule is COCC1(CNC(=O)c2cccc(NC(=O)C3CCCCC3)c2)CCNCC1.Cl. The van der Waals surface area contributed by atoms with Gasteiger partial charge in [0.15, 0.2) is 0 Å². The summed E-state index contributed by atoms with van der Waals surface area (Å²) in [5, 5.41) is 9.43. The molecule has 1 heterocycles. The quantitative estimate of drug-likeness (QED) is 0.628. The number of hydrogen-bond donors (Lipinski definition) is 3. The predicted octanol–water partition coefficient (Wildman–Crippen LogP) is 3.37. The first-order valence-electron chi connectivity index (χ1n) is 10.5. The van der Waals surface area contributed by atoms with Gasteiger partial charge in [0.05, 0.1) is 6.61 Å². The minimum absolute atomic E-state index is 0. The number of amides is 2. The van der Waals surface area contributed by atoms with Gasteiger partial charge >= 0.3 is 0 Å². The second-order valence-corrected chi connectivity index (χ2v) is 8.27. The largest absolute Gasteiger partial charge is 0.384 e. The summed E-state index contributed by atoms with van der Waals surface area (Å²) in [5.74, 6) is 0.0637. The third-order valence-electron chi connectivity index (χ3n) is 6.11. The molecule has 0 aromatic heterocycles. The fourth-order valence-corrected chi connectivity index (χ4v) is 4.35. The molecule has 0 bridgehead atoms. The van der Waals surface area contributed by atoms with E-state index in [0.717, 1.165) is 51.6 Å². The normalized spacial score (nSPS) is 19.1. The lowest BCUT2D eigenvalue weighted by molar-refractivity contribution is -0.120. The molecule has 6 nitrogen and oxygen atoms in total. The van der Waals surface area contributed by atoms with Gasteiger partial charge in [-0.3, -0.25) is 9.59 Å². The second kappa shape index (κ2) is 11.5. The maximum Gasteiger partial charge on any atom is 0.251 e. The van der Waals surface area contributed by atoms with Crippen molar-refractivity contribution >= 4 is 29.9 Å². The molecule has 1 saturated heterocycles. The van der Waals surface area contributed by atoms with Gasteiger partial charge in [0.2, 0.25) is 5.91 Å². The molecule has 7 heteroatoms. The van der Waals surface area contributed by atoms with E-state index in [1.54, 1.807) is 19.2 Å². The predicted molar refractivity (Wildman–Crippen MR) is 118 cm³/mol. The van der Waals surface area contributed by atoms with Crippen molar-refractivity contribution in [3.8, 4) is 0 Å². The van der Waals surface area contributed by atoms with Crippen LogP contribution in [0.1, 0.15) is 55.3 Å². The van der Waals surface area contributed by atoms with Crippen LogP contribution in [0.4, 0.5) is 5.69 Å². The highest BCUT2D eigenvalue weighted by Crippen LogP contribution is 2.28. The summed E-state index contributed by atoms with van der Waals surface area (Å²) in [6, 6.07) is 7.22. The summed E-state index contributed by atoms with van der Waals surface area (Å²) in [6.45, 7) is 3.14. The van der Waals surface area contributed by atoms with E-state index in [4.69, 9.17) is 4.74 Å². The molecular weight excluding hydrogens is 390 g/mol. The van der Waals surface area contributed by atoms with E-state index >= 15 is 0 Å². The molecule has 0 spiro atoms. The van der Waals surface area contributed by atoms with Crippen LogP contribution in [0, 0.1) is 11.3 Å². The summed E-state index contributed by atoms with van der Waals surface area (Å²) in [4.78, 5) is 25.2. The standard InChI is InChI=1S/C22H33N3O3.ClH/c1-28-16-22(10-12-23-13-11-22)15-24-20(26)18-8-5-9-19(14-18)25-21(27)17-6-3-2-4-7-17;/h5,8-9,14,17,23H,2-4,6-7,10-13,15-16H2,1H3,(H,24,26)(H,25,27);1H. The van der Waals surface area contributed by atoms with Crippen LogP contribution in [0.25, 0.3) is 0 Å². The minimum atomic E-state index is -0.109. The van der Waals surface area contributed by atoms with Crippen LogP contribution >= 0.6 is 12.4 Å². The van der Waals surface area contributed by atoms with E-state index in [1.165, 1.54) is 6.42 Å². The number of ether oxygens (including phenoxy) is 1. The van der Waals surface area contributed by atoms with Gasteiger partial charge in [0.1, 0.15) is 0 Å². The van der Waals surface area contributed by atoms with E-state index in [2.05, 4.69) is 16.0 Å². The third-order valence-corrected chi connectivity index (χ3v) is 6.11. The zero-order chi connectivity index (χ0) is 19.8. The van der Waals surface area contributed by atoms with E-state index in [1.807, 2.05) is 12.1 Å². The minimum Gasteiger partial charge on any atom is -0.384 e. The van der Waals surface area contributed by atoms with E-state index < -0.39 is 0 Å². The van der Waals surface area contributed by atoms with E-state index in [-0.39, 0.29) is 35.6 Å². The fourth-order valence-electron chi connectivity index (χ4n) is 4.35. The van der Waals surface area contributed by atoms with Crippen LogP contribution in [0.15, 0.2) is 24.3 Å². The molecular formula is C22H34ClN3O3. The Hall–Kier alpha value is -1.63. The lowest BCUT2D eigenvalue weighted by atomic mass is 9.79. The van der Waals surface area contributed by atoms with Gasteiger partial charge in [-0.15, -0.1) is 12.4 Å². The Bertz CT molecular complexity index is 666. The molecule has 1 aromatic carbocycles. The first-order chi connectivity index (χ1) is 13.6. The number of nitrogens with one attached hydrogen (secondary N) is 3. The lowest BCUT2D eigenvalue weighted by Gasteiger charge is -2.37. The van der Waals surface area contributed by atoms with Gasteiger partial charge in [-0.1, -0.05) is 25.3 Å². The highest BCUT2D eigenvalue weighted by molar-refractivity contribution is 5.97. The molecule has 162 valence electrons. The molecule has 0 unspecified atom stereocenters.